The Morgan fingerprint density at radius 2 is 1.98 bits per heavy atom. The molecule has 2 bridgehead atoms. The zero-order valence-electron chi connectivity index (χ0n) is 29.3. The number of carbonyl (C=O) groups excluding carboxylic acids is 2. The van der Waals surface area contributed by atoms with Crippen molar-refractivity contribution < 1.29 is 28.0 Å². The van der Waals surface area contributed by atoms with E-state index < -0.39 is 21.9 Å². The van der Waals surface area contributed by atoms with Crippen LogP contribution in [0.4, 0.5) is 10.5 Å². The topological polar surface area (TPSA) is 110 Å². The molecule has 3 aliphatic heterocycles. The highest BCUT2D eigenvalue weighted by Crippen LogP contribution is 2.47. The summed E-state index contributed by atoms with van der Waals surface area (Å²) in [6.45, 7) is 4.86. The van der Waals surface area contributed by atoms with Gasteiger partial charge >= 0.3 is 6.03 Å². The van der Waals surface area contributed by atoms with Gasteiger partial charge in [-0.1, -0.05) is 36.7 Å². The Kier molecular flexibility index (Phi) is 10.2. The number of rotatable bonds is 3. The molecule has 270 valence electrons. The van der Waals surface area contributed by atoms with Crippen LogP contribution in [0.25, 0.3) is 0 Å². The van der Waals surface area contributed by atoms with Gasteiger partial charge in [0.2, 0.25) is 0 Å². The molecule has 7 atom stereocenters. The molecule has 2 fully saturated rings. The maximum Gasteiger partial charge on any atom is 0.329 e. The Morgan fingerprint density at radius 1 is 1.12 bits per heavy atom. The van der Waals surface area contributed by atoms with Crippen LogP contribution in [0.5, 0.6) is 5.75 Å². The highest BCUT2D eigenvalue weighted by atomic mass is 35.5. The first-order valence-electron chi connectivity index (χ1n) is 18.0. The molecule has 0 radical (unpaired) electrons. The lowest BCUT2D eigenvalue weighted by atomic mass is 9.68. The minimum absolute atomic E-state index is 0.0339. The van der Waals surface area contributed by atoms with E-state index in [2.05, 4.69) is 38.3 Å². The van der Waals surface area contributed by atoms with Crippen molar-refractivity contribution in [2.45, 2.75) is 69.5 Å². The van der Waals surface area contributed by atoms with Crippen LogP contribution in [0.1, 0.15) is 66.9 Å². The Balaban J connectivity index is 1.28. The third-order valence-electron chi connectivity index (χ3n) is 11.5. The van der Waals surface area contributed by atoms with Crippen molar-refractivity contribution in [1.82, 2.24) is 9.62 Å². The van der Waals surface area contributed by atoms with Crippen molar-refractivity contribution in [2.24, 2.45) is 22.1 Å². The van der Waals surface area contributed by atoms with Gasteiger partial charge in [0.05, 0.1) is 30.3 Å². The van der Waals surface area contributed by atoms with E-state index in [1.165, 1.54) is 11.1 Å². The van der Waals surface area contributed by atoms with Gasteiger partial charge in [-0.3, -0.25) is 9.52 Å². The summed E-state index contributed by atoms with van der Waals surface area (Å²) >= 11 is 6.46. The number of nitrogens with one attached hydrogen (secondary N) is 1. The van der Waals surface area contributed by atoms with Crippen LogP contribution in [-0.2, 0) is 31.2 Å². The number of methoxy groups -OCH3 is 2. The third kappa shape index (κ3) is 7.16. The molecule has 1 spiro atoms. The summed E-state index contributed by atoms with van der Waals surface area (Å²) in [5.74, 6) is 0.744. The summed E-state index contributed by atoms with van der Waals surface area (Å²) < 4.78 is 39.6. The number of nitrogens with zero attached hydrogens (tertiary/aromatic N) is 3. The molecule has 1 N–H and O–H groups in total. The lowest BCUT2D eigenvalue weighted by Gasteiger charge is -2.46. The molecule has 1 unspecified atom stereocenters. The summed E-state index contributed by atoms with van der Waals surface area (Å²) in [5.41, 5.74) is 3.44. The first-order chi connectivity index (χ1) is 24.1. The van der Waals surface area contributed by atoms with Crippen molar-refractivity contribution in [2.75, 3.05) is 57.7 Å². The Bertz CT molecular complexity index is 1780. The molecule has 50 heavy (non-hydrogen) atoms. The molecule has 7 rings (SSSR count). The van der Waals surface area contributed by atoms with Crippen molar-refractivity contribution in [3.05, 3.63) is 70.3 Å². The molecule has 3 heterocycles. The molecule has 3 amide bonds. The van der Waals surface area contributed by atoms with E-state index in [0.29, 0.717) is 55.7 Å². The van der Waals surface area contributed by atoms with E-state index in [9.17, 15) is 13.8 Å². The van der Waals surface area contributed by atoms with E-state index >= 15 is 0 Å². The summed E-state index contributed by atoms with van der Waals surface area (Å²) in [6, 6.07) is 11.1. The normalized spacial score (nSPS) is 33.3. The SMILES string of the molecule is CO[C@@H]1CCN(C(=O)NS2(=O)=NC(=O)c3ccc4c(c3)N(C[C@@H]3CC[C@H]3[C@@H](OC)/C=C\C[C@H](C)C2)C[C@@]2(CCCc3cc(Cl)ccc32)CO4)C1. The number of aryl methyl sites for hydroxylation is 1. The molecule has 10 nitrogen and oxygen atoms in total. The number of carbonyl (C=O) groups is 2. The van der Waals surface area contributed by atoms with Gasteiger partial charge in [0.1, 0.15) is 15.7 Å². The van der Waals surface area contributed by atoms with Gasteiger partial charge in [-0.05, 0) is 104 Å². The fraction of sp³-hybridized carbons (Fsp3) is 0.579. The predicted octanol–water partition coefficient (Wildman–Crippen LogP) is 6.40. The molecule has 2 aromatic rings. The van der Waals surface area contributed by atoms with Gasteiger partial charge in [0, 0.05) is 56.4 Å². The van der Waals surface area contributed by atoms with Crippen LogP contribution >= 0.6 is 11.6 Å². The van der Waals surface area contributed by atoms with Crippen LogP contribution in [0, 0.1) is 17.8 Å². The molecular weight excluding hydrogens is 676 g/mol. The third-order valence-corrected chi connectivity index (χ3v) is 13.7. The van der Waals surface area contributed by atoms with E-state index in [1.54, 1.807) is 25.2 Å². The number of halogens is 1. The maximum absolute atomic E-state index is 14.5. The average Bonchev–Trinajstić information content (AvgIpc) is 3.52. The number of anilines is 1. The number of hydrogen-bond donors (Lipinski definition) is 1. The summed E-state index contributed by atoms with van der Waals surface area (Å²) in [5, 5.41) is 0.744. The van der Waals surface area contributed by atoms with E-state index in [4.69, 9.17) is 25.8 Å². The van der Waals surface area contributed by atoms with Gasteiger partial charge in [-0.15, -0.1) is 4.36 Å². The first kappa shape index (κ1) is 35.3. The second-order valence-electron chi connectivity index (χ2n) is 15.0. The number of fused-ring (bicyclic) bond motifs is 4. The Labute approximate surface area is 301 Å². The van der Waals surface area contributed by atoms with E-state index in [1.807, 2.05) is 25.1 Å². The summed E-state index contributed by atoms with van der Waals surface area (Å²) in [7, 11) is -0.0932. The second-order valence-corrected chi connectivity index (χ2v) is 17.4. The molecule has 2 aliphatic carbocycles. The van der Waals surface area contributed by atoms with Gasteiger partial charge in [-0.25, -0.2) is 9.00 Å². The van der Waals surface area contributed by atoms with Crippen LogP contribution in [0.3, 0.4) is 0 Å². The number of benzene rings is 2. The van der Waals surface area contributed by atoms with Crippen molar-refractivity contribution in [3.63, 3.8) is 0 Å². The van der Waals surface area contributed by atoms with Gasteiger partial charge in [0.15, 0.2) is 0 Å². The van der Waals surface area contributed by atoms with Crippen LogP contribution in [-0.4, -0.2) is 86.0 Å². The number of amides is 3. The minimum Gasteiger partial charge on any atom is -0.490 e. The number of urea groups is 1. The van der Waals surface area contributed by atoms with E-state index in [0.717, 1.165) is 55.9 Å². The molecule has 1 saturated carbocycles. The lowest BCUT2D eigenvalue weighted by Crippen LogP contribution is -2.49. The molecule has 0 aromatic heterocycles. The van der Waals surface area contributed by atoms with Crippen molar-refractivity contribution >= 4 is 39.1 Å². The van der Waals surface area contributed by atoms with Gasteiger partial charge in [0.25, 0.3) is 5.91 Å². The summed E-state index contributed by atoms with van der Waals surface area (Å²) in [4.78, 5) is 31.3. The van der Waals surface area contributed by atoms with Crippen LogP contribution < -0.4 is 14.4 Å². The van der Waals surface area contributed by atoms with Crippen LogP contribution in [0.15, 0.2) is 52.9 Å². The zero-order valence-corrected chi connectivity index (χ0v) is 30.8. The lowest BCUT2D eigenvalue weighted by molar-refractivity contribution is 0.0131. The fourth-order valence-corrected chi connectivity index (χ4v) is 10.8. The second kappa shape index (κ2) is 14.5. The van der Waals surface area contributed by atoms with Crippen LogP contribution in [0.2, 0.25) is 5.02 Å². The minimum atomic E-state index is -3.48. The summed E-state index contributed by atoms with van der Waals surface area (Å²) in [6.07, 6.45) is 10.6. The smallest absolute Gasteiger partial charge is 0.329 e. The number of allylic oxidation sites excluding steroid dienone is 1. The van der Waals surface area contributed by atoms with Gasteiger partial charge < -0.3 is 24.0 Å². The molecule has 2 aromatic carbocycles. The number of ether oxygens (including phenoxy) is 3. The van der Waals surface area contributed by atoms with E-state index in [-0.39, 0.29) is 29.3 Å². The average molecular weight is 725 g/mol. The molecule has 5 aliphatic rings. The standard InChI is InChI=1S/C38H49ClN4O6S/c1-25-6-4-8-34(48-3)31-12-9-28(31)20-43-23-38(16-5-7-26-18-29(39)11-13-32(26)38)24-49-35-14-10-27(19-33(35)43)36(44)40-50(46,22-25)41-37(45)42-17-15-30(21-42)47-2/h4,8,10-11,13-14,18-19,25,28,30-31,34H,5-7,9,12,15-17,20-24H2,1-3H3,(H,40,41,44,45,46)/b8-4-/t25-,28-,30+,31+,34-,38-,50?/m0/s1. The predicted molar refractivity (Wildman–Crippen MR) is 195 cm³/mol. The van der Waals surface area contributed by atoms with Gasteiger partial charge in [-0.2, -0.15) is 0 Å². The van der Waals surface area contributed by atoms with Crippen molar-refractivity contribution in [3.8, 4) is 5.75 Å². The zero-order chi connectivity index (χ0) is 35.0. The van der Waals surface area contributed by atoms with Crippen molar-refractivity contribution in [1.29, 1.82) is 0 Å². The Hall–Kier alpha value is -3.12. The Morgan fingerprint density at radius 3 is 2.74 bits per heavy atom. The number of likely N-dealkylation sites (tertiary alicyclic amines) is 1. The monoisotopic (exact) mass is 724 g/mol. The highest BCUT2D eigenvalue weighted by Gasteiger charge is 2.44. The number of hydrogen-bond acceptors (Lipinski definition) is 7. The first-order valence-corrected chi connectivity index (χ1v) is 20.0. The largest absolute Gasteiger partial charge is 0.490 e. The molecule has 12 heteroatoms. The molecular formula is C38H49ClN4O6S. The quantitative estimate of drug-likeness (QED) is 0.365. The highest BCUT2D eigenvalue weighted by molar-refractivity contribution is 7.92. The fourth-order valence-electron chi connectivity index (χ4n) is 8.67. The molecule has 1 saturated heterocycles. The maximum atomic E-state index is 14.5.